The molecule has 0 fully saturated rings. The molecule has 0 N–H and O–H groups in total. The van der Waals surface area contributed by atoms with Gasteiger partial charge in [0, 0.05) is 17.3 Å². The van der Waals surface area contributed by atoms with E-state index in [1.165, 1.54) is 0 Å². The van der Waals surface area contributed by atoms with Crippen LogP contribution in [0.1, 0.15) is 22.4 Å². The molecule has 0 aliphatic heterocycles. The zero-order valence-corrected chi connectivity index (χ0v) is 15.0. The summed E-state index contributed by atoms with van der Waals surface area (Å²) in [6.45, 7) is 0. The van der Waals surface area contributed by atoms with Crippen LogP contribution in [0.5, 0.6) is 0 Å². The number of nitrogens with zero attached hydrogens (tertiary/aromatic N) is 1. The van der Waals surface area contributed by atoms with Gasteiger partial charge in [0.05, 0.1) is 4.47 Å². The Labute approximate surface area is 161 Å². The summed E-state index contributed by atoms with van der Waals surface area (Å²) in [5.74, 6) is 4.15. The molecule has 1 heterocycles. The maximum atomic E-state index is 13.9. The standard InChI is InChI=1S/C21H8BrF4N/c22-17-18(23)16(19(24)21(26)20(17)25)11-9-14-6-4-13(5-7-14)8-10-15-3-1-2-12-27-15/h1-7,12H. The third-order valence-electron chi connectivity index (χ3n) is 3.43. The molecule has 0 saturated carbocycles. The van der Waals surface area contributed by atoms with Crippen LogP contribution in [-0.4, -0.2) is 4.98 Å². The summed E-state index contributed by atoms with van der Waals surface area (Å²) in [4.78, 5) is 4.08. The fraction of sp³-hybridized carbons (Fsp3) is 0. The molecule has 3 rings (SSSR count). The molecule has 132 valence electrons. The lowest BCUT2D eigenvalue weighted by atomic mass is 10.1. The van der Waals surface area contributed by atoms with E-state index in [1.54, 1.807) is 42.6 Å². The number of rotatable bonds is 0. The van der Waals surface area contributed by atoms with Crippen molar-refractivity contribution in [2.24, 2.45) is 0 Å². The van der Waals surface area contributed by atoms with Gasteiger partial charge in [-0.15, -0.1) is 0 Å². The minimum Gasteiger partial charge on any atom is -0.248 e. The summed E-state index contributed by atoms with van der Waals surface area (Å²) in [5.41, 5.74) is 0.896. The van der Waals surface area contributed by atoms with Gasteiger partial charge in [0.2, 0.25) is 0 Å². The van der Waals surface area contributed by atoms with Gasteiger partial charge in [0.15, 0.2) is 23.3 Å². The summed E-state index contributed by atoms with van der Waals surface area (Å²) in [5, 5.41) is 0. The predicted octanol–water partition coefficient (Wildman–Crippen LogP) is 5.20. The fourth-order valence-electron chi connectivity index (χ4n) is 2.06. The van der Waals surface area contributed by atoms with E-state index in [-0.39, 0.29) is 0 Å². The Hall–Kier alpha value is -3.09. The highest BCUT2D eigenvalue weighted by Crippen LogP contribution is 2.27. The van der Waals surface area contributed by atoms with Crippen molar-refractivity contribution in [1.29, 1.82) is 0 Å². The maximum absolute atomic E-state index is 13.9. The van der Waals surface area contributed by atoms with E-state index in [2.05, 4.69) is 44.6 Å². The van der Waals surface area contributed by atoms with Crippen molar-refractivity contribution in [3.05, 3.63) is 98.8 Å². The first kappa shape index (κ1) is 18.7. The van der Waals surface area contributed by atoms with Crippen LogP contribution in [0.4, 0.5) is 17.6 Å². The molecule has 0 unspecified atom stereocenters. The summed E-state index contributed by atoms with van der Waals surface area (Å²) in [7, 11) is 0. The van der Waals surface area contributed by atoms with Crippen molar-refractivity contribution >= 4 is 15.9 Å². The molecule has 0 aliphatic rings. The first-order chi connectivity index (χ1) is 13.0. The van der Waals surface area contributed by atoms with E-state index in [9.17, 15) is 17.6 Å². The lowest BCUT2D eigenvalue weighted by molar-refractivity contribution is 0.427. The molecular weight excluding hydrogens is 422 g/mol. The van der Waals surface area contributed by atoms with Crippen LogP contribution in [0.25, 0.3) is 0 Å². The Morgan fingerprint density at radius 1 is 0.667 bits per heavy atom. The highest BCUT2D eigenvalue weighted by atomic mass is 79.9. The number of hydrogen-bond acceptors (Lipinski definition) is 1. The van der Waals surface area contributed by atoms with Crippen LogP contribution in [-0.2, 0) is 0 Å². The first-order valence-corrected chi connectivity index (χ1v) is 8.33. The predicted molar refractivity (Wildman–Crippen MR) is 96.6 cm³/mol. The monoisotopic (exact) mass is 429 g/mol. The van der Waals surface area contributed by atoms with Crippen LogP contribution in [0.15, 0.2) is 53.1 Å². The highest BCUT2D eigenvalue weighted by Gasteiger charge is 2.22. The number of aromatic nitrogens is 1. The summed E-state index contributed by atoms with van der Waals surface area (Å²) >= 11 is 2.54. The largest absolute Gasteiger partial charge is 0.248 e. The molecular formula is C21H8BrF4N. The van der Waals surface area contributed by atoms with E-state index in [0.717, 1.165) is 0 Å². The van der Waals surface area contributed by atoms with Crippen molar-refractivity contribution in [2.45, 2.75) is 0 Å². The van der Waals surface area contributed by atoms with E-state index in [0.29, 0.717) is 16.8 Å². The topological polar surface area (TPSA) is 12.9 Å². The van der Waals surface area contributed by atoms with Crippen LogP contribution in [0, 0.1) is 47.0 Å². The number of hydrogen-bond donors (Lipinski definition) is 0. The van der Waals surface area contributed by atoms with Gasteiger partial charge in [-0.3, -0.25) is 0 Å². The Morgan fingerprint density at radius 3 is 1.89 bits per heavy atom. The number of halogens is 5. The zero-order valence-electron chi connectivity index (χ0n) is 13.5. The van der Waals surface area contributed by atoms with Crippen molar-refractivity contribution < 1.29 is 17.6 Å². The maximum Gasteiger partial charge on any atom is 0.197 e. The molecule has 3 aromatic rings. The average Bonchev–Trinajstić information content (AvgIpc) is 2.71. The van der Waals surface area contributed by atoms with Gasteiger partial charge in [-0.2, -0.15) is 0 Å². The van der Waals surface area contributed by atoms with Crippen molar-refractivity contribution in [1.82, 2.24) is 4.98 Å². The minimum atomic E-state index is -1.78. The SMILES string of the molecule is Fc1c(F)c(Br)c(F)c(C#Cc2ccc(C#Cc3ccccn3)cc2)c1F. The van der Waals surface area contributed by atoms with Crippen LogP contribution in [0.2, 0.25) is 0 Å². The first-order valence-electron chi connectivity index (χ1n) is 7.54. The Morgan fingerprint density at radius 2 is 1.30 bits per heavy atom. The lowest BCUT2D eigenvalue weighted by Gasteiger charge is -2.03. The quantitative estimate of drug-likeness (QED) is 0.207. The van der Waals surface area contributed by atoms with E-state index in [4.69, 9.17) is 0 Å². The van der Waals surface area contributed by atoms with Crippen LogP contribution < -0.4 is 0 Å². The summed E-state index contributed by atoms with van der Waals surface area (Å²) in [6.07, 6.45) is 1.64. The normalized spacial score (nSPS) is 9.81. The average molecular weight is 430 g/mol. The van der Waals surface area contributed by atoms with Crippen LogP contribution >= 0.6 is 15.9 Å². The molecule has 0 bridgehead atoms. The van der Waals surface area contributed by atoms with E-state index in [1.807, 2.05) is 6.07 Å². The molecule has 0 radical (unpaired) electrons. The molecule has 0 spiro atoms. The molecule has 0 atom stereocenters. The van der Waals surface area contributed by atoms with Gasteiger partial charge < -0.3 is 0 Å². The third kappa shape index (κ3) is 4.19. The van der Waals surface area contributed by atoms with Crippen molar-refractivity contribution in [3.8, 4) is 23.7 Å². The lowest BCUT2D eigenvalue weighted by Crippen LogP contribution is -2.01. The minimum absolute atomic E-state index is 0.429. The zero-order chi connectivity index (χ0) is 19.4. The number of benzene rings is 2. The molecule has 27 heavy (non-hydrogen) atoms. The molecule has 0 saturated heterocycles. The third-order valence-corrected chi connectivity index (χ3v) is 4.12. The second kappa shape index (κ2) is 8.07. The molecule has 1 nitrogen and oxygen atoms in total. The van der Waals surface area contributed by atoms with Crippen molar-refractivity contribution in [2.75, 3.05) is 0 Å². The Balaban J connectivity index is 1.86. The van der Waals surface area contributed by atoms with E-state index >= 15 is 0 Å². The Kier molecular flexibility index (Phi) is 5.59. The molecule has 6 heteroatoms. The number of pyridine rings is 1. The van der Waals surface area contributed by atoms with Gasteiger partial charge in [-0.1, -0.05) is 23.8 Å². The second-order valence-corrected chi connectivity index (χ2v) is 6.03. The second-order valence-electron chi connectivity index (χ2n) is 5.24. The van der Waals surface area contributed by atoms with Gasteiger partial charge >= 0.3 is 0 Å². The van der Waals surface area contributed by atoms with E-state index < -0.39 is 33.3 Å². The summed E-state index contributed by atoms with van der Waals surface area (Å²) < 4.78 is 53.5. The van der Waals surface area contributed by atoms with Gasteiger partial charge in [-0.05, 0) is 58.2 Å². The highest BCUT2D eigenvalue weighted by molar-refractivity contribution is 9.10. The summed E-state index contributed by atoms with van der Waals surface area (Å²) in [6, 6.07) is 11.9. The Bertz CT molecular complexity index is 1090. The molecule has 2 aromatic carbocycles. The van der Waals surface area contributed by atoms with Gasteiger partial charge in [0.1, 0.15) is 11.3 Å². The fourth-order valence-corrected chi connectivity index (χ4v) is 2.43. The molecule has 0 aliphatic carbocycles. The smallest absolute Gasteiger partial charge is 0.197 e. The van der Waals surface area contributed by atoms with Gasteiger partial charge in [-0.25, -0.2) is 22.5 Å². The van der Waals surface area contributed by atoms with Crippen molar-refractivity contribution in [3.63, 3.8) is 0 Å². The van der Waals surface area contributed by atoms with Crippen LogP contribution in [0.3, 0.4) is 0 Å². The molecule has 1 aromatic heterocycles. The molecule has 0 amide bonds. The van der Waals surface area contributed by atoms with Gasteiger partial charge in [0.25, 0.3) is 0 Å².